The summed E-state index contributed by atoms with van der Waals surface area (Å²) in [5, 5.41) is 0. The first-order valence-electron chi connectivity index (χ1n) is 6.91. The molecule has 3 heterocycles. The number of thioether (sulfide) groups is 1. The van der Waals surface area contributed by atoms with Crippen LogP contribution in [0.3, 0.4) is 0 Å². The van der Waals surface area contributed by atoms with Crippen LogP contribution >= 0.6 is 23.1 Å². The Morgan fingerprint density at radius 1 is 1.41 bits per heavy atom. The van der Waals surface area contributed by atoms with Crippen LogP contribution in [-0.2, 0) is 11.3 Å². The van der Waals surface area contributed by atoms with Crippen LogP contribution in [0.25, 0.3) is 10.3 Å². The average Bonchev–Trinajstić information content (AvgIpc) is 2.94. The van der Waals surface area contributed by atoms with Crippen LogP contribution in [0.1, 0.15) is 25.1 Å². The van der Waals surface area contributed by atoms with Crippen molar-refractivity contribution in [2.24, 2.45) is 5.92 Å². The van der Waals surface area contributed by atoms with Gasteiger partial charge in [0.25, 0.3) is 12.0 Å². The van der Waals surface area contributed by atoms with Crippen molar-refractivity contribution in [1.82, 2.24) is 14.5 Å². The molecule has 1 fully saturated rings. The Labute approximate surface area is 133 Å². The summed E-state index contributed by atoms with van der Waals surface area (Å²) in [5.74, 6) is -0.304. The standard InChI is InChI=1S/C13H15F2N3O2S2/c1-21-13-16-8-11(22-13)17-10(9(14)15)18(12(8)19)6-7-2-4-20-5-3-7/h7,9H,2-6H2,1H3. The summed E-state index contributed by atoms with van der Waals surface area (Å²) < 4.78 is 33.6. The number of aromatic nitrogens is 3. The number of thiazole rings is 1. The summed E-state index contributed by atoms with van der Waals surface area (Å²) in [7, 11) is 0. The fourth-order valence-electron chi connectivity index (χ4n) is 2.52. The lowest BCUT2D eigenvalue weighted by molar-refractivity contribution is 0.0585. The number of nitrogens with zero attached hydrogens (tertiary/aromatic N) is 3. The van der Waals surface area contributed by atoms with Crippen LogP contribution in [0.5, 0.6) is 0 Å². The van der Waals surface area contributed by atoms with E-state index in [9.17, 15) is 13.6 Å². The second-order valence-corrected chi connectivity index (χ2v) is 7.11. The van der Waals surface area contributed by atoms with Gasteiger partial charge in [-0.3, -0.25) is 9.36 Å². The highest BCUT2D eigenvalue weighted by molar-refractivity contribution is 8.00. The normalized spacial score (nSPS) is 16.7. The van der Waals surface area contributed by atoms with Crippen molar-refractivity contribution >= 4 is 33.4 Å². The molecule has 1 aliphatic rings. The van der Waals surface area contributed by atoms with E-state index in [2.05, 4.69) is 9.97 Å². The average molecular weight is 347 g/mol. The summed E-state index contributed by atoms with van der Waals surface area (Å²) in [5.41, 5.74) is -0.283. The van der Waals surface area contributed by atoms with Gasteiger partial charge in [-0.15, -0.1) is 0 Å². The van der Waals surface area contributed by atoms with Gasteiger partial charge in [-0.1, -0.05) is 23.1 Å². The zero-order chi connectivity index (χ0) is 15.7. The zero-order valence-corrected chi connectivity index (χ0v) is 13.6. The zero-order valence-electron chi connectivity index (χ0n) is 11.9. The van der Waals surface area contributed by atoms with Crippen LogP contribution in [0.15, 0.2) is 9.13 Å². The van der Waals surface area contributed by atoms with E-state index in [1.54, 1.807) is 0 Å². The number of hydrogen-bond donors (Lipinski definition) is 0. The third kappa shape index (κ3) is 3.02. The molecular formula is C13H15F2N3O2S2. The molecule has 22 heavy (non-hydrogen) atoms. The highest BCUT2D eigenvalue weighted by Gasteiger charge is 2.24. The second kappa shape index (κ2) is 6.59. The molecule has 0 unspecified atom stereocenters. The summed E-state index contributed by atoms with van der Waals surface area (Å²) in [6.45, 7) is 1.45. The van der Waals surface area contributed by atoms with Crippen LogP contribution in [0.2, 0.25) is 0 Å². The lowest BCUT2D eigenvalue weighted by Crippen LogP contribution is -2.31. The number of alkyl halides is 2. The number of hydrogen-bond acceptors (Lipinski definition) is 6. The number of fused-ring (bicyclic) bond motifs is 1. The maximum absolute atomic E-state index is 13.3. The molecule has 0 amide bonds. The predicted molar refractivity (Wildman–Crippen MR) is 82.0 cm³/mol. The first-order valence-corrected chi connectivity index (χ1v) is 8.95. The molecule has 1 aliphatic heterocycles. The van der Waals surface area contributed by atoms with Crippen molar-refractivity contribution in [3.8, 4) is 0 Å². The molecule has 5 nitrogen and oxygen atoms in total. The minimum Gasteiger partial charge on any atom is -0.381 e. The Balaban J connectivity index is 2.07. The van der Waals surface area contributed by atoms with Gasteiger partial charge in [0.1, 0.15) is 0 Å². The maximum Gasteiger partial charge on any atom is 0.295 e. The highest BCUT2D eigenvalue weighted by atomic mass is 32.2. The lowest BCUT2D eigenvalue weighted by atomic mass is 10.0. The predicted octanol–water partition coefficient (Wildman–Crippen LogP) is 2.94. The molecule has 0 N–H and O–H groups in total. The van der Waals surface area contributed by atoms with Crippen molar-refractivity contribution in [3.05, 3.63) is 16.2 Å². The molecule has 3 rings (SSSR count). The monoisotopic (exact) mass is 347 g/mol. The fourth-order valence-corrected chi connectivity index (χ4v) is 3.95. The summed E-state index contributed by atoms with van der Waals surface area (Å²) >= 11 is 2.55. The van der Waals surface area contributed by atoms with Crippen LogP contribution < -0.4 is 5.56 Å². The first kappa shape index (κ1) is 15.8. The van der Waals surface area contributed by atoms with Crippen molar-refractivity contribution in [2.45, 2.75) is 30.2 Å². The minimum atomic E-state index is -2.78. The number of halogens is 2. The van der Waals surface area contributed by atoms with E-state index < -0.39 is 17.8 Å². The van der Waals surface area contributed by atoms with E-state index in [0.29, 0.717) is 17.6 Å². The third-order valence-corrected chi connectivity index (χ3v) is 5.62. The van der Waals surface area contributed by atoms with E-state index in [1.807, 2.05) is 6.26 Å². The SMILES string of the molecule is CSc1nc2c(=O)n(CC3CCOCC3)c(C(F)F)nc2s1. The summed E-state index contributed by atoms with van der Waals surface area (Å²) in [6.07, 6.45) is 0.573. The van der Waals surface area contributed by atoms with Gasteiger partial charge in [0.05, 0.1) is 0 Å². The van der Waals surface area contributed by atoms with Crippen molar-refractivity contribution in [2.75, 3.05) is 19.5 Å². The smallest absolute Gasteiger partial charge is 0.295 e. The van der Waals surface area contributed by atoms with Gasteiger partial charge >= 0.3 is 0 Å². The number of rotatable bonds is 4. The summed E-state index contributed by atoms with van der Waals surface area (Å²) in [4.78, 5) is 21.0. The topological polar surface area (TPSA) is 57.0 Å². The molecule has 0 spiro atoms. The Morgan fingerprint density at radius 2 is 2.14 bits per heavy atom. The van der Waals surface area contributed by atoms with Gasteiger partial charge in [-0.25, -0.2) is 18.7 Å². The molecule has 2 aromatic heterocycles. The van der Waals surface area contributed by atoms with E-state index in [1.165, 1.54) is 23.1 Å². The summed E-state index contributed by atoms with van der Waals surface area (Å²) in [6, 6.07) is 0. The molecule has 0 bridgehead atoms. The molecule has 1 saturated heterocycles. The van der Waals surface area contributed by atoms with Gasteiger partial charge < -0.3 is 4.74 Å². The molecular weight excluding hydrogens is 332 g/mol. The second-order valence-electron chi connectivity index (χ2n) is 5.08. The molecule has 0 atom stereocenters. The Hall–Kier alpha value is -1.06. The van der Waals surface area contributed by atoms with Crippen molar-refractivity contribution in [1.29, 1.82) is 0 Å². The molecule has 0 aliphatic carbocycles. The molecule has 0 radical (unpaired) electrons. The highest BCUT2D eigenvalue weighted by Crippen LogP contribution is 2.28. The Bertz CT molecular complexity index is 726. The van der Waals surface area contributed by atoms with Gasteiger partial charge in [0, 0.05) is 19.8 Å². The van der Waals surface area contributed by atoms with Gasteiger partial charge in [-0.2, -0.15) is 0 Å². The lowest BCUT2D eigenvalue weighted by Gasteiger charge is -2.23. The quantitative estimate of drug-likeness (QED) is 0.796. The van der Waals surface area contributed by atoms with Gasteiger partial charge in [-0.05, 0) is 25.0 Å². The van der Waals surface area contributed by atoms with E-state index in [4.69, 9.17) is 4.74 Å². The molecule has 9 heteroatoms. The molecule has 0 saturated carbocycles. The third-order valence-electron chi connectivity index (χ3n) is 3.68. The van der Waals surface area contributed by atoms with E-state index >= 15 is 0 Å². The van der Waals surface area contributed by atoms with Crippen molar-refractivity contribution < 1.29 is 13.5 Å². The van der Waals surface area contributed by atoms with Crippen LogP contribution in [0, 0.1) is 5.92 Å². The first-order chi connectivity index (χ1) is 10.6. The molecule has 120 valence electrons. The van der Waals surface area contributed by atoms with Crippen molar-refractivity contribution in [3.63, 3.8) is 0 Å². The molecule has 0 aromatic carbocycles. The Kier molecular flexibility index (Phi) is 4.74. The van der Waals surface area contributed by atoms with Gasteiger partial charge in [0.15, 0.2) is 20.5 Å². The fraction of sp³-hybridized carbons (Fsp3) is 0.615. The van der Waals surface area contributed by atoms with Gasteiger partial charge in [0.2, 0.25) is 0 Å². The largest absolute Gasteiger partial charge is 0.381 e. The minimum absolute atomic E-state index is 0.154. The molecule has 2 aromatic rings. The van der Waals surface area contributed by atoms with Crippen LogP contribution in [0.4, 0.5) is 8.78 Å². The van der Waals surface area contributed by atoms with Crippen LogP contribution in [-0.4, -0.2) is 34.0 Å². The maximum atomic E-state index is 13.3. The number of ether oxygens (including phenoxy) is 1. The van der Waals surface area contributed by atoms with E-state index in [0.717, 1.165) is 17.4 Å². The Morgan fingerprint density at radius 3 is 2.77 bits per heavy atom. The van der Waals surface area contributed by atoms with E-state index in [-0.39, 0.29) is 22.8 Å².